The Bertz CT molecular complexity index is 664. The molecule has 5 nitrogen and oxygen atoms in total. The molecule has 2 aromatic rings. The van der Waals surface area contributed by atoms with E-state index in [9.17, 15) is 4.79 Å². The van der Waals surface area contributed by atoms with Crippen LogP contribution < -0.4 is 5.73 Å². The van der Waals surface area contributed by atoms with Crippen molar-refractivity contribution < 1.29 is 9.53 Å². The predicted octanol–water partition coefficient (Wildman–Crippen LogP) is 3.10. The molecule has 1 amide bonds. The summed E-state index contributed by atoms with van der Waals surface area (Å²) in [6.07, 6.45) is 3.26. The van der Waals surface area contributed by atoms with Crippen LogP contribution in [0.3, 0.4) is 0 Å². The van der Waals surface area contributed by atoms with E-state index in [1.807, 2.05) is 0 Å². The Balaban J connectivity index is 2.21. The molecule has 21 heavy (non-hydrogen) atoms. The number of nitrogens with two attached hydrogens (primary N) is 1. The highest BCUT2D eigenvalue weighted by Gasteiger charge is 2.17. The smallest absolute Gasteiger partial charge is 0.250 e. The van der Waals surface area contributed by atoms with Gasteiger partial charge in [-0.05, 0) is 12.1 Å². The predicted molar refractivity (Wildman–Crippen MR) is 87.4 cm³/mol. The molecule has 2 aromatic heterocycles. The van der Waals surface area contributed by atoms with Gasteiger partial charge in [0.15, 0.2) is 0 Å². The van der Waals surface area contributed by atoms with E-state index in [1.54, 1.807) is 23.0 Å². The van der Waals surface area contributed by atoms with E-state index in [2.05, 4.69) is 24.6 Å². The van der Waals surface area contributed by atoms with Gasteiger partial charge >= 0.3 is 0 Å². The zero-order chi connectivity index (χ0) is 15.6. The number of fused-ring (bicyclic) bond motifs is 1. The van der Waals surface area contributed by atoms with Crippen molar-refractivity contribution in [3.8, 4) is 0 Å². The molecule has 0 unspecified atom stereocenters. The van der Waals surface area contributed by atoms with Gasteiger partial charge in [-0.1, -0.05) is 31.2 Å². The number of amides is 1. The van der Waals surface area contributed by atoms with Gasteiger partial charge in [-0.3, -0.25) is 4.79 Å². The van der Waals surface area contributed by atoms with Gasteiger partial charge in [-0.25, -0.2) is 4.98 Å². The first kappa shape index (κ1) is 16.0. The molecule has 0 fully saturated rings. The van der Waals surface area contributed by atoms with Crippen LogP contribution in [0.4, 0.5) is 0 Å². The van der Waals surface area contributed by atoms with Gasteiger partial charge in [0.2, 0.25) is 0 Å². The van der Waals surface area contributed by atoms with Crippen LogP contribution in [0.2, 0.25) is 30.7 Å². The molecule has 2 heterocycles. The van der Waals surface area contributed by atoms with E-state index in [-0.39, 0.29) is 0 Å². The lowest BCUT2D eigenvalue weighted by atomic mass is 10.2. The summed E-state index contributed by atoms with van der Waals surface area (Å²) in [7, 11) is -1.12. The molecule has 0 aliphatic rings. The minimum atomic E-state index is -1.12. The van der Waals surface area contributed by atoms with Crippen LogP contribution in [0.25, 0.3) is 11.0 Å². The number of primary amides is 1. The van der Waals surface area contributed by atoms with Crippen molar-refractivity contribution in [1.29, 1.82) is 0 Å². The molecule has 0 radical (unpaired) electrons. The van der Waals surface area contributed by atoms with E-state index in [0.29, 0.717) is 35.0 Å². The van der Waals surface area contributed by atoms with Crippen LogP contribution in [0, 0.1) is 0 Å². The van der Waals surface area contributed by atoms with Crippen molar-refractivity contribution in [2.45, 2.75) is 32.4 Å². The van der Waals surface area contributed by atoms with Crippen LogP contribution in [-0.4, -0.2) is 30.1 Å². The van der Waals surface area contributed by atoms with Gasteiger partial charge in [0.25, 0.3) is 5.91 Å². The molecule has 0 saturated heterocycles. The number of halogens is 1. The summed E-state index contributed by atoms with van der Waals surface area (Å²) in [4.78, 5) is 15.8. The number of rotatable bonds is 6. The normalized spacial score (nSPS) is 12.0. The third-order valence-electron chi connectivity index (χ3n) is 3.20. The summed E-state index contributed by atoms with van der Waals surface area (Å²) >= 11 is 6.14. The first-order chi connectivity index (χ1) is 9.79. The summed E-state index contributed by atoms with van der Waals surface area (Å²) in [6, 6.07) is 2.73. The molecule has 0 spiro atoms. The van der Waals surface area contributed by atoms with Crippen LogP contribution in [-0.2, 0) is 11.5 Å². The number of carbonyl (C=O) groups excluding carboxylic acids is 1. The third kappa shape index (κ3) is 3.84. The van der Waals surface area contributed by atoms with Crippen molar-refractivity contribution in [3.05, 3.63) is 29.0 Å². The van der Waals surface area contributed by atoms with E-state index in [1.165, 1.54) is 0 Å². The minimum Gasteiger partial charge on any atom is -0.366 e. The number of hydrogen-bond acceptors (Lipinski definition) is 3. The van der Waals surface area contributed by atoms with Gasteiger partial charge in [0.1, 0.15) is 12.4 Å². The fraction of sp³-hybridized carbons (Fsp3) is 0.429. The Morgan fingerprint density at radius 2 is 2.19 bits per heavy atom. The van der Waals surface area contributed by atoms with Gasteiger partial charge in [0, 0.05) is 27.1 Å². The van der Waals surface area contributed by atoms with Gasteiger partial charge in [-0.15, -0.1) is 0 Å². The van der Waals surface area contributed by atoms with Crippen molar-refractivity contribution in [2.75, 3.05) is 6.61 Å². The fourth-order valence-corrected chi connectivity index (χ4v) is 3.00. The number of ether oxygens (including phenoxy) is 1. The molecule has 7 heteroatoms. The summed E-state index contributed by atoms with van der Waals surface area (Å²) in [6.45, 7) is 7.93. The average molecular weight is 326 g/mol. The maximum atomic E-state index is 11.5. The third-order valence-corrected chi connectivity index (χ3v) is 5.22. The Morgan fingerprint density at radius 1 is 1.48 bits per heavy atom. The molecule has 0 saturated carbocycles. The second-order valence-electron chi connectivity index (χ2n) is 6.22. The zero-order valence-electron chi connectivity index (χ0n) is 12.5. The summed E-state index contributed by atoms with van der Waals surface area (Å²) in [5, 5.41) is 1.05. The highest BCUT2D eigenvalue weighted by Crippen LogP contribution is 2.27. The van der Waals surface area contributed by atoms with Gasteiger partial charge in [-0.2, -0.15) is 0 Å². The van der Waals surface area contributed by atoms with E-state index >= 15 is 0 Å². The number of carbonyl (C=O) groups is 1. The lowest BCUT2D eigenvalue weighted by Gasteiger charge is -2.15. The minimum absolute atomic E-state index is 0.335. The second kappa shape index (κ2) is 6.17. The molecular weight excluding hydrogens is 306 g/mol. The average Bonchev–Trinajstić information content (AvgIpc) is 2.74. The molecule has 114 valence electrons. The monoisotopic (exact) mass is 325 g/mol. The van der Waals surface area contributed by atoms with Crippen molar-refractivity contribution >= 4 is 36.6 Å². The Labute approximate surface area is 130 Å². The summed E-state index contributed by atoms with van der Waals surface area (Å²) in [5.74, 6) is -0.518. The molecule has 2 rings (SSSR count). The highest BCUT2D eigenvalue weighted by atomic mass is 35.5. The molecule has 0 atom stereocenters. The Morgan fingerprint density at radius 3 is 2.81 bits per heavy atom. The topological polar surface area (TPSA) is 70.1 Å². The number of nitrogens with zero attached hydrogens (tertiary/aromatic N) is 2. The van der Waals surface area contributed by atoms with Gasteiger partial charge < -0.3 is 15.0 Å². The quantitative estimate of drug-likeness (QED) is 0.655. The van der Waals surface area contributed by atoms with Gasteiger partial charge in [0.05, 0.1) is 16.0 Å². The van der Waals surface area contributed by atoms with E-state index < -0.39 is 14.0 Å². The zero-order valence-corrected chi connectivity index (χ0v) is 14.3. The SMILES string of the molecule is C[Si](C)(C)CCOCn1cc(C(N)=O)c2c(Cl)ccnc21. The Hall–Kier alpha value is -1.37. The largest absolute Gasteiger partial charge is 0.366 e. The maximum absolute atomic E-state index is 11.5. The highest BCUT2D eigenvalue weighted by molar-refractivity contribution is 6.76. The lowest BCUT2D eigenvalue weighted by molar-refractivity contribution is 0.0895. The standard InChI is InChI=1S/C14H20ClN3O2Si/c1-21(2,3)7-6-20-9-18-8-10(13(16)19)12-11(15)4-5-17-14(12)18/h4-5,8H,6-7,9H2,1-3H3,(H2,16,19). The van der Waals surface area contributed by atoms with Crippen LogP contribution in [0.1, 0.15) is 10.4 Å². The lowest BCUT2D eigenvalue weighted by Crippen LogP contribution is -2.22. The summed E-state index contributed by atoms with van der Waals surface area (Å²) < 4.78 is 7.47. The van der Waals surface area contributed by atoms with E-state index in [0.717, 1.165) is 6.04 Å². The van der Waals surface area contributed by atoms with Crippen LogP contribution in [0.5, 0.6) is 0 Å². The van der Waals surface area contributed by atoms with Crippen molar-refractivity contribution in [2.24, 2.45) is 5.73 Å². The molecule has 2 N–H and O–H groups in total. The van der Waals surface area contributed by atoms with Crippen LogP contribution in [0.15, 0.2) is 18.5 Å². The first-order valence-corrected chi connectivity index (χ1v) is 10.9. The molecule has 0 bridgehead atoms. The Kier molecular flexibility index (Phi) is 4.70. The molecule has 0 aliphatic carbocycles. The van der Waals surface area contributed by atoms with E-state index in [4.69, 9.17) is 22.1 Å². The summed E-state index contributed by atoms with van der Waals surface area (Å²) in [5.41, 5.74) is 6.39. The van der Waals surface area contributed by atoms with Crippen LogP contribution >= 0.6 is 11.6 Å². The number of hydrogen-bond donors (Lipinski definition) is 1. The maximum Gasteiger partial charge on any atom is 0.250 e. The number of pyridine rings is 1. The first-order valence-electron chi connectivity index (χ1n) is 6.80. The van der Waals surface area contributed by atoms with Crippen molar-refractivity contribution in [3.63, 3.8) is 0 Å². The molecule has 0 aromatic carbocycles. The fourth-order valence-electron chi connectivity index (χ4n) is 2.00. The second-order valence-corrected chi connectivity index (χ2v) is 12.2. The number of aromatic nitrogens is 2. The van der Waals surface area contributed by atoms with Crippen molar-refractivity contribution in [1.82, 2.24) is 9.55 Å². The molecular formula is C14H20ClN3O2Si. The molecule has 0 aliphatic heterocycles.